The second-order valence-corrected chi connectivity index (χ2v) is 25.1. The molecule has 3 aromatic heterocycles. The normalized spacial score (nSPS) is 12.5. The van der Waals surface area contributed by atoms with Crippen LogP contribution in [0.3, 0.4) is 0 Å². The maximum absolute atomic E-state index is 7.03. The van der Waals surface area contributed by atoms with Gasteiger partial charge in [-0.05, 0) is 165 Å². The molecule has 0 bridgehead atoms. The van der Waals surface area contributed by atoms with Crippen molar-refractivity contribution in [1.82, 2.24) is 0 Å². The van der Waals surface area contributed by atoms with E-state index in [0.29, 0.717) is 0 Å². The van der Waals surface area contributed by atoms with Crippen molar-refractivity contribution >= 4 is 216 Å². The number of benzene rings is 17. The van der Waals surface area contributed by atoms with Gasteiger partial charge in [0.25, 0.3) is 0 Å². The van der Waals surface area contributed by atoms with Crippen molar-refractivity contribution in [2.24, 2.45) is 0 Å². The lowest BCUT2D eigenvalue weighted by Gasteiger charge is -2.28. The molecule has 0 aliphatic carbocycles. The standard InChI is InChI=1S/C80H44N2OS2/c1-2-16-54-53(15-1)62-41-51(81(69-21-9-19-58-56-17-3-5-23-73(56)84-79(58)69)67-38-31-49-27-25-45-11-7-13-47-29-35-60(67)77(49)75(45)47)33-37-55(62)64-44-72-66(43-63(54)64)65-42-52(34-40-71(65)83-72)82(70-22-10-20-59-57-18-4-6-24-74(57)85-80(59)70)68-39-32-50-28-26-46-12-8-14-48-30-36-61(68)78(50)76(46)48/h1-44H. The lowest BCUT2D eigenvalue weighted by atomic mass is 9.92. The number of rotatable bonds is 6. The van der Waals surface area contributed by atoms with E-state index >= 15 is 0 Å². The van der Waals surface area contributed by atoms with Crippen LogP contribution in [0.5, 0.6) is 0 Å². The van der Waals surface area contributed by atoms with Crippen molar-refractivity contribution in [3.05, 3.63) is 267 Å². The van der Waals surface area contributed by atoms with Crippen LogP contribution in [0, 0.1) is 0 Å². The highest BCUT2D eigenvalue weighted by atomic mass is 32.1. The summed E-state index contributed by atoms with van der Waals surface area (Å²) >= 11 is 3.75. The zero-order chi connectivity index (χ0) is 55.2. The minimum absolute atomic E-state index is 0.861. The van der Waals surface area contributed by atoms with Crippen LogP contribution in [0.1, 0.15) is 0 Å². The fourth-order valence-corrected chi connectivity index (χ4v) is 17.4. The first-order valence-electron chi connectivity index (χ1n) is 29.1. The molecule has 20 rings (SSSR count). The van der Waals surface area contributed by atoms with Crippen LogP contribution < -0.4 is 9.80 Å². The third kappa shape index (κ3) is 6.38. The molecule has 0 saturated heterocycles. The second kappa shape index (κ2) is 17.0. The molecule has 0 spiro atoms. The van der Waals surface area contributed by atoms with Gasteiger partial charge in [-0.25, -0.2) is 0 Å². The Hall–Kier alpha value is -10.6. The van der Waals surface area contributed by atoms with Gasteiger partial charge in [-0.2, -0.15) is 0 Å². The monoisotopic (exact) mass is 1110 g/mol. The van der Waals surface area contributed by atoms with E-state index < -0.39 is 0 Å². The Morgan fingerprint density at radius 3 is 1.16 bits per heavy atom. The summed E-state index contributed by atoms with van der Waals surface area (Å²) in [6.07, 6.45) is 0. The molecule has 0 saturated carbocycles. The SMILES string of the molecule is c1cc2ccc3ccc(N(c4ccc5oc6cc7c8ccc(N(c9ccc%10ccc%11cccc%12ccc9c%10c%11%12)c9cccc%10c9sc9ccccc9%10)cc8c8ccccc8c7cc6c5c4)c4cccc5c4sc4ccccc45)c4ccc(c1)c2c34. The average molecular weight is 1110 g/mol. The molecule has 3 heterocycles. The zero-order valence-corrected chi connectivity index (χ0v) is 47.2. The molecule has 392 valence electrons. The largest absolute Gasteiger partial charge is 0.456 e. The van der Waals surface area contributed by atoms with Gasteiger partial charge in [0.05, 0.1) is 32.1 Å². The van der Waals surface area contributed by atoms with Gasteiger partial charge < -0.3 is 14.2 Å². The molecule has 17 aromatic carbocycles. The van der Waals surface area contributed by atoms with Crippen LogP contribution in [0.4, 0.5) is 34.1 Å². The number of fused-ring (bicyclic) bond motifs is 15. The van der Waals surface area contributed by atoms with E-state index in [9.17, 15) is 0 Å². The van der Waals surface area contributed by atoms with E-state index in [0.717, 1.165) is 50.4 Å². The van der Waals surface area contributed by atoms with Crippen molar-refractivity contribution in [3.8, 4) is 0 Å². The second-order valence-electron chi connectivity index (χ2n) is 23.0. The van der Waals surface area contributed by atoms with Crippen molar-refractivity contribution in [3.63, 3.8) is 0 Å². The fraction of sp³-hybridized carbons (Fsp3) is 0. The summed E-state index contributed by atoms with van der Waals surface area (Å²) in [6, 6.07) is 100. The first-order chi connectivity index (χ1) is 42.1. The summed E-state index contributed by atoms with van der Waals surface area (Å²) in [4.78, 5) is 5.05. The van der Waals surface area contributed by atoms with Crippen LogP contribution in [0.15, 0.2) is 271 Å². The predicted octanol–water partition coefficient (Wildman–Crippen LogP) is 24.5. The molecule has 0 amide bonds. The van der Waals surface area contributed by atoms with Gasteiger partial charge in [0.1, 0.15) is 11.2 Å². The summed E-state index contributed by atoms with van der Waals surface area (Å²) in [6.45, 7) is 0. The molecule has 0 aliphatic heterocycles. The summed E-state index contributed by atoms with van der Waals surface area (Å²) in [5.74, 6) is 0. The highest BCUT2D eigenvalue weighted by Gasteiger charge is 2.26. The molecule has 0 N–H and O–H groups in total. The number of thiophene rings is 2. The smallest absolute Gasteiger partial charge is 0.136 e. The molecular weight excluding hydrogens is 1070 g/mol. The first kappa shape index (κ1) is 46.0. The van der Waals surface area contributed by atoms with Gasteiger partial charge in [0.2, 0.25) is 0 Å². The Morgan fingerprint density at radius 1 is 0.224 bits per heavy atom. The van der Waals surface area contributed by atoms with Gasteiger partial charge in [-0.15, -0.1) is 22.7 Å². The minimum Gasteiger partial charge on any atom is -0.456 e. The molecule has 0 unspecified atom stereocenters. The van der Waals surface area contributed by atoms with Crippen molar-refractivity contribution in [2.45, 2.75) is 0 Å². The van der Waals surface area contributed by atoms with Gasteiger partial charge in [0, 0.05) is 63.9 Å². The average Bonchev–Trinajstić information content (AvgIpc) is 2.10. The van der Waals surface area contributed by atoms with Gasteiger partial charge >= 0.3 is 0 Å². The number of hydrogen-bond acceptors (Lipinski definition) is 5. The van der Waals surface area contributed by atoms with Crippen molar-refractivity contribution in [1.29, 1.82) is 0 Å². The lowest BCUT2D eigenvalue weighted by molar-refractivity contribution is 0.669. The Morgan fingerprint density at radius 2 is 0.612 bits per heavy atom. The molecule has 0 radical (unpaired) electrons. The summed E-state index contributed by atoms with van der Waals surface area (Å²) in [7, 11) is 0. The van der Waals surface area contributed by atoms with Crippen LogP contribution in [0.25, 0.3) is 159 Å². The molecule has 5 heteroatoms. The molecule has 0 fully saturated rings. The van der Waals surface area contributed by atoms with Crippen molar-refractivity contribution in [2.75, 3.05) is 9.80 Å². The van der Waals surface area contributed by atoms with Crippen molar-refractivity contribution < 1.29 is 4.42 Å². The van der Waals surface area contributed by atoms with Gasteiger partial charge in [0.15, 0.2) is 0 Å². The van der Waals surface area contributed by atoms with E-state index in [1.807, 2.05) is 22.7 Å². The lowest BCUT2D eigenvalue weighted by Crippen LogP contribution is -2.11. The third-order valence-corrected chi connectivity index (χ3v) is 21.1. The maximum atomic E-state index is 7.03. The number of hydrogen-bond donors (Lipinski definition) is 0. The van der Waals surface area contributed by atoms with E-state index in [1.54, 1.807) is 0 Å². The van der Waals surface area contributed by atoms with Crippen LogP contribution >= 0.6 is 22.7 Å². The Balaban J connectivity index is 0.809. The number of furan rings is 1. The van der Waals surface area contributed by atoms with E-state index in [-0.39, 0.29) is 0 Å². The quantitative estimate of drug-likeness (QED) is 0.155. The fourth-order valence-electron chi connectivity index (χ4n) is 14.9. The predicted molar refractivity (Wildman–Crippen MR) is 369 cm³/mol. The molecule has 0 atom stereocenters. The summed E-state index contributed by atoms with van der Waals surface area (Å²) in [5.41, 5.74) is 8.53. The third-order valence-electron chi connectivity index (χ3n) is 18.7. The highest BCUT2D eigenvalue weighted by Crippen LogP contribution is 2.53. The van der Waals surface area contributed by atoms with E-state index in [1.165, 1.54) is 143 Å². The van der Waals surface area contributed by atoms with Crippen LogP contribution in [0.2, 0.25) is 0 Å². The van der Waals surface area contributed by atoms with E-state index in [2.05, 4.69) is 277 Å². The van der Waals surface area contributed by atoms with Crippen LogP contribution in [-0.4, -0.2) is 0 Å². The maximum Gasteiger partial charge on any atom is 0.136 e. The molecular formula is C80H44N2OS2. The number of nitrogens with zero attached hydrogens (tertiary/aromatic N) is 2. The summed E-state index contributed by atoms with van der Waals surface area (Å²) in [5, 5.41) is 29.7. The molecule has 3 nitrogen and oxygen atoms in total. The molecule has 20 aromatic rings. The first-order valence-corrected chi connectivity index (χ1v) is 30.8. The van der Waals surface area contributed by atoms with Crippen LogP contribution in [-0.2, 0) is 0 Å². The Labute approximate surface area is 493 Å². The highest BCUT2D eigenvalue weighted by molar-refractivity contribution is 7.26. The topological polar surface area (TPSA) is 19.6 Å². The Kier molecular flexibility index (Phi) is 9.21. The zero-order valence-electron chi connectivity index (χ0n) is 45.5. The van der Waals surface area contributed by atoms with E-state index in [4.69, 9.17) is 4.42 Å². The molecule has 0 aliphatic rings. The minimum atomic E-state index is 0.861. The molecule has 85 heavy (non-hydrogen) atoms. The Bertz CT molecular complexity index is 6230. The van der Waals surface area contributed by atoms with Gasteiger partial charge in [-0.1, -0.05) is 188 Å². The number of anilines is 6. The summed E-state index contributed by atoms with van der Waals surface area (Å²) < 4.78 is 12.1. The van der Waals surface area contributed by atoms with Gasteiger partial charge in [-0.3, -0.25) is 0 Å².